The molecule has 3 rings (SSSR count). The zero-order chi connectivity index (χ0) is 14.7. The number of hydrogen-bond donors (Lipinski definition) is 2. The van der Waals surface area contributed by atoms with E-state index in [2.05, 4.69) is 15.3 Å². The maximum atomic E-state index is 5.38. The van der Waals surface area contributed by atoms with Crippen LogP contribution in [0.15, 0.2) is 42.5 Å². The minimum absolute atomic E-state index is 0.618. The number of rotatable bonds is 5. The number of imidazole rings is 1. The van der Waals surface area contributed by atoms with E-state index in [-0.39, 0.29) is 0 Å². The van der Waals surface area contributed by atoms with Crippen molar-refractivity contribution in [2.24, 2.45) is 0 Å². The van der Waals surface area contributed by atoms with E-state index in [1.165, 1.54) is 0 Å². The molecule has 0 aliphatic carbocycles. The molecule has 0 spiro atoms. The van der Waals surface area contributed by atoms with Crippen LogP contribution in [0.4, 0.5) is 5.95 Å². The van der Waals surface area contributed by atoms with Crippen LogP contribution >= 0.6 is 0 Å². The molecule has 108 valence electrons. The van der Waals surface area contributed by atoms with E-state index in [4.69, 9.17) is 9.47 Å². The molecule has 5 heteroatoms. The summed E-state index contributed by atoms with van der Waals surface area (Å²) < 4.78 is 10.6. The topological polar surface area (TPSA) is 59.2 Å². The summed E-state index contributed by atoms with van der Waals surface area (Å²) in [6, 6.07) is 13.7. The lowest BCUT2D eigenvalue weighted by atomic mass is 10.2. The van der Waals surface area contributed by atoms with Crippen molar-refractivity contribution < 1.29 is 9.47 Å². The summed E-state index contributed by atoms with van der Waals surface area (Å²) in [6.45, 7) is 0.618. The fraction of sp³-hybridized carbons (Fsp3) is 0.188. The number of aromatic amines is 1. The van der Waals surface area contributed by atoms with Gasteiger partial charge in [-0.1, -0.05) is 12.1 Å². The summed E-state index contributed by atoms with van der Waals surface area (Å²) >= 11 is 0. The molecule has 3 aromatic rings. The second kappa shape index (κ2) is 5.75. The zero-order valence-corrected chi connectivity index (χ0v) is 12.0. The molecular weight excluding hydrogens is 266 g/mol. The number of H-pyrrole nitrogens is 1. The number of nitrogens with one attached hydrogen (secondary N) is 2. The van der Waals surface area contributed by atoms with Crippen LogP contribution in [0.1, 0.15) is 5.56 Å². The highest BCUT2D eigenvalue weighted by molar-refractivity contribution is 5.77. The molecule has 0 saturated carbocycles. The molecule has 0 aliphatic rings. The van der Waals surface area contributed by atoms with Crippen molar-refractivity contribution in [3.8, 4) is 11.5 Å². The molecule has 0 radical (unpaired) electrons. The second-order valence-corrected chi connectivity index (χ2v) is 4.63. The number of benzene rings is 2. The monoisotopic (exact) mass is 283 g/mol. The molecule has 21 heavy (non-hydrogen) atoms. The number of para-hydroxylation sites is 2. The van der Waals surface area contributed by atoms with Gasteiger partial charge < -0.3 is 19.8 Å². The van der Waals surface area contributed by atoms with E-state index < -0.39 is 0 Å². The normalized spacial score (nSPS) is 10.6. The number of ether oxygens (including phenoxy) is 2. The van der Waals surface area contributed by atoms with E-state index in [9.17, 15) is 0 Å². The fourth-order valence-corrected chi connectivity index (χ4v) is 2.21. The Kier molecular flexibility index (Phi) is 3.64. The van der Waals surface area contributed by atoms with E-state index in [0.717, 1.165) is 34.0 Å². The maximum absolute atomic E-state index is 5.38. The molecule has 0 atom stereocenters. The fourth-order valence-electron chi connectivity index (χ4n) is 2.21. The number of aromatic nitrogens is 2. The SMILES string of the molecule is COc1ccc(CNc2nc3ccccc3[nH]2)c(OC)c1. The Morgan fingerprint density at radius 2 is 1.95 bits per heavy atom. The van der Waals surface area contributed by atoms with Crippen molar-refractivity contribution in [1.82, 2.24) is 9.97 Å². The largest absolute Gasteiger partial charge is 0.497 e. The van der Waals surface area contributed by atoms with Gasteiger partial charge >= 0.3 is 0 Å². The van der Waals surface area contributed by atoms with E-state index in [0.29, 0.717) is 6.54 Å². The van der Waals surface area contributed by atoms with Crippen molar-refractivity contribution in [2.75, 3.05) is 19.5 Å². The van der Waals surface area contributed by atoms with Crippen LogP contribution in [-0.2, 0) is 6.54 Å². The summed E-state index contributed by atoms with van der Waals surface area (Å²) in [6.07, 6.45) is 0. The number of methoxy groups -OCH3 is 2. The van der Waals surface area contributed by atoms with Gasteiger partial charge in [0.25, 0.3) is 0 Å². The lowest BCUT2D eigenvalue weighted by Gasteiger charge is -2.10. The number of fused-ring (bicyclic) bond motifs is 1. The van der Waals surface area contributed by atoms with Crippen LogP contribution in [-0.4, -0.2) is 24.2 Å². The second-order valence-electron chi connectivity index (χ2n) is 4.63. The molecule has 2 N–H and O–H groups in total. The highest BCUT2D eigenvalue weighted by Gasteiger charge is 2.06. The molecule has 1 heterocycles. The minimum atomic E-state index is 0.618. The summed E-state index contributed by atoms with van der Waals surface area (Å²) in [4.78, 5) is 7.72. The number of anilines is 1. The van der Waals surface area contributed by atoms with Gasteiger partial charge in [0.15, 0.2) is 0 Å². The molecule has 0 aliphatic heterocycles. The van der Waals surface area contributed by atoms with Gasteiger partial charge in [-0.05, 0) is 24.3 Å². The first-order valence-electron chi connectivity index (χ1n) is 6.69. The summed E-state index contributed by atoms with van der Waals surface area (Å²) in [7, 11) is 3.29. The minimum Gasteiger partial charge on any atom is -0.497 e. The third kappa shape index (κ3) is 2.76. The van der Waals surface area contributed by atoms with Crippen LogP contribution in [0.2, 0.25) is 0 Å². The zero-order valence-electron chi connectivity index (χ0n) is 12.0. The Bertz CT molecular complexity index is 719. The van der Waals surface area contributed by atoms with Gasteiger partial charge in [0.1, 0.15) is 11.5 Å². The standard InChI is InChI=1S/C16H17N3O2/c1-20-12-8-7-11(15(9-12)21-2)10-17-16-18-13-5-3-4-6-14(13)19-16/h3-9H,10H2,1-2H3,(H2,17,18,19). The van der Waals surface area contributed by atoms with Crippen molar-refractivity contribution in [3.63, 3.8) is 0 Å². The summed E-state index contributed by atoms with van der Waals surface area (Å²) in [5.74, 6) is 2.31. The highest BCUT2D eigenvalue weighted by atomic mass is 16.5. The number of hydrogen-bond acceptors (Lipinski definition) is 4. The highest BCUT2D eigenvalue weighted by Crippen LogP contribution is 2.25. The van der Waals surface area contributed by atoms with Crippen LogP contribution in [0, 0.1) is 0 Å². The van der Waals surface area contributed by atoms with Crippen LogP contribution in [0.5, 0.6) is 11.5 Å². The molecule has 2 aromatic carbocycles. The van der Waals surface area contributed by atoms with E-state index in [1.807, 2.05) is 42.5 Å². The Labute approximate surface area is 122 Å². The Hall–Kier alpha value is -2.69. The van der Waals surface area contributed by atoms with Crippen molar-refractivity contribution >= 4 is 17.0 Å². The molecule has 0 fully saturated rings. The first-order valence-corrected chi connectivity index (χ1v) is 6.69. The van der Waals surface area contributed by atoms with Gasteiger partial charge in [-0.3, -0.25) is 0 Å². The molecule has 0 amide bonds. The molecule has 1 aromatic heterocycles. The van der Waals surface area contributed by atoms with Gasteiger partial charge in [-0.2, -0.15) is 0 Å². The lowest BCUT2D eigenvalue weighted by Crippen LogP contribution is -2.03. The van der Waals surface area contributed by atoms with Gasteiger partial charge in [-0.15, -0.1) is 0 Å². The summed E-state index contributed by atoms with van der Waals surface area (Å²) in [5.41, 5.74) is 3.00. The molecule has 5 nitrogen and oxygen atoms in total. The third-order valence-electron chi connectivity index (χ3n) is 3.33. The van der Waals surface area contributed by atoms with Gasteiger partial charge in [-0.25, -0.2) is 4.98 Å². The van der Waals surface area contributed by atoms with Crippen LogP contribution < -0.4 is 14.8 Å². The quantitative estimate of drug-likeness (QED) is 0.755. The molecular formula is C16H17N3O2. The maximum Gasteiger partial charge on any atom is 0.201 e. The van der Waals surface area contributed by atoms with Crippen molar-refractivity contribution in [2.45, 2.75) is 6.54 Å². The number of nitrogens with zero attached hydrogens (tertiary/aromatic N) is 1. The summed E-state index contributed by atoms with van der Waals surface area (Å²) in [5, 5.41) is 3.28. The van der Waals surface area contributed by atoms with Gasteiger partial charge in [0.2, 0.25) is 5.95 Å². The average Bonchev–Trinajstić information content (AvgIpc) is 2.95. The third-order valence-corrected chi connectivity index (χ3v) is 3.33. The lowest BCUT2D eigenvalue weighted by molar-refractivity contribution is 0.391. The average molecular weight is 283 g/mol. The predicted molar refractivity (Wildman–Crippen MR) is 83.0 cm³/mol. The smallest absolute Gasteiger partial charge is 0.201 e. The first kappa shape index (κ1) is 13.3. The molecule has 0 saturated heterocycles. The van der Waals surface area contributed by atoms with Crippen molar-refractivity contribution in [3.05, 3.63) is 48.0 Å². The van der Waals surface area contributed by atoms with Crippen LogP contribution in [0.25, 0.3) is 11.0 Å². The van der Waals surface area contributed by atoms with Gasteiger partial charge in [0.05, 0.1) is 25.3 Å². The Morgan fingerprint density at radius 1 is 1.10 bits per heavy atom. The van der Waals surface area contributed by atoms with Crippen LogP contribution in [0.3, 0.4) is 0 Å². The van der Waals surface area contributed by atoms with E-state index in [1.54, 1.807) is 14.2 Å². The Morgan fingerprint density at radius 3 is 2.71 bits per heavy atom. The first-order chi connectivity index (χ1) is 10.3. The van der Waals surface area contributed by atoms with Crippen molar-refractivity contribution in [1.29, 1.82) is 0 Å². The Balaban J connectivity index is 1.77. The molecule has 0 unspecified atom stereocenters. The molecule has 0 bridgehead atoms. The van der Waals surface area contributed by atoms with Gasteiger partial charge in [0, 0.05) is 18.2 Å². The predicted octanol–water partition coefficient (Wildman–Crippen LogP) is 3.19. The van der Waals surface area contributed by atoms with E-state index >= 15 is 0 Å².